The van der Waals surface area contributed by atoms with E-state index in [1.165, 1.54) is 0 Å². The molecular formula is C18H27O6P. The molecule has 2 unspecified atom stereocenters. The lowest BCUT2D eigenvalue weighted by Crippen LogP contribution is -2.36. The number of rotatable bonds is 11. The van der Waals surface area contributed by atoms with Crippen LogP contribution in [-0.4, -0.2) is 37.2 Å². The van der Waals surface area contributed by atoms with Crippen LogP contribution in [0.15, 0.2) is 30.3 Å². The Morgan fingerprint density at radius 1 is 0.960 bits per heavy atom. The fraction of sp³-hybridized carbons (Fsp3) is 0.556. The molecule has 1 rings (SSSR count). The molecular weight excluding hydrogens is 343 g/mol. The molecule has 6 nitrogen and oxygen atoms in total. The van der Waals surface area contributed by atoms with Crippen LogP contribution in [0.25, 0.3) is 0 Å². The Labute approximate surface area is 149 Å². The summed E-state index contributed by atoms with van der Waals surface area (Å²) in [6.45, 7) is 6.96. The van der Waals surface area contributed by atoms with Gasteiger partial charge in [-0.25, -0.2) is 0 Å². The van der Waals surface area contributed by atoms with Crippen molar-refractivity contribution in [3.63, 3.8) is 0 Å². The number of Topliss-reactive ketones (excluding diaryl/α,β-unsaturated/α-hetero) is 1. The molecule has 0 bridgehead atoms. The Hall–Kier alpha value is -1.49. The summed E-state index contributed by atoms with van der Waals surface area (Å²) in [4.78, 5) is 25.3. The predicted molar refractivity (Wildman–Crippen MR) is 95.8 cm³/mol. The van der Waals surface area contributed by atoms with Gasteiger partial charge >= 0.3 is 13.6 Å². The Kier molecular flexibility index (Phi) is 9.04. The molecule has 0 saturated carbocycles. The van der Waals surface area contributed by atoms with Gasteiger partial charge in [0.25, 0.3) is 0 Å². The summed E-state index contributed by atoms with van der Waals surface area (Å²) in [5.74, 6) is -1.92. The third kappa shape index (κ3) is 5.50. The van der Waals surface area contributed by atoms with Crippen molar-refractivity contribution in [1.82, 2.24) is 0 Å². The fourth-order valence-corrected chi connectivity index (χ4v) is 4.81. The topological polar surface area (TPSA) is 78.9 Å². The first kappa shape index (κ1) is 21.6. The van der Waals surface area contributed by atoms with Gasteiger partial charge in [-0.2, -0.15) is 0 Å². The van der Waals surface area contributed by atoms with E-state index in [0.29, 0.717) is 5.56 Å². The minimum absolute atomic E-state index is 0.0923. The van der Waals surface area contributed by atoms with Gasteiger partial charge in [-0.15, -0.1) is 0 Å². The Morgan fingerprint density at radius 3 is 1.96 bits per heavy atom. The molecule has 0 spiro atoms. The van der Waals surface area contributed by atoms with Crippen LogP contribution in [0.2, 0.25) is 0 Å². The molecule has 1 aromatic rings. The summed E-state index contributed by atoms with van der Waals surface area (Å²) in [5, 5.41) is 0. The van der Waals surface area contributed by atoms with Gasteiger partial charge < -0.3 is 13.8 Å². The van der Waals surface area contributed by atoms with E-state index in [-0.39, 0.29) is 32.0 Å². The van der Waals surface area contributed by atoms with Crippen LogP contribution < -0.4 is 0 Å². The van der Waals surface area contributed by atoms with Crippen molar-refractivity contribution < 1.29 is 27.9 Å². The second kappa shape index (κ2) is 10.5. The number of carbonyl (C=O) groups excluding carboxylic acids is 2. The van der Waals surface area contributed by atoms with Gasteiger partial charge in [-0.3, -0.25) is 14.2 Å². The standard InChI is InChI=1S/C18H27O6P/c1-5-15(19)16(14-12-10-9-11-13-14)17(18(20)22-6-2)25(21,23-7-3)24-8-4/h9-13,16-17H,5-8H2,1-4H3. The smallest absolute Gasteiger partial charge is 0.345 e. The predicted octanol–water partition coefficient (Wildman–Crippen LogP) is 3.95. The summed E-state index contributed by atoms with van der Waals surface area (Å²) in [5.41, 5.74) is -0.741. The molecule has 0 N–H and O–H groups in total. The molecule has 7 heteroatoms. The van der Waals surface area contributed by atoms with Gasteiger partial charge in [0.2, 0.25) is 0 Å². The molecule has 0 aliphatic rings. The van der Waals surface area contributed by atoms with Crippen molar-refractivity contribution in [3.05, 3.63) is 35.9 Å². The van der Waals surface area contributed by atoms with E-state index >= 15 is 0 Å². The van der Waals surface area contributed by atoms with Crippen LogP contribution >= 0.6 is 7.60 Å². The summed E-state index contributed by atoms with van der Waals surface area (Å²) in [6.07, 6.45) is 0.188. The number of hydrogen-bond acceptors (Lipinski definition) is 6. The summed E-state index contributed by atoms with van der Waals surface area (Å²) < 4.78 is 29.2. The molecule has 0 radical (unpaired) electrons. The lowest BCUT2D eigenvalue weighted by molar-refractivity contribution is -0.145. The summed E-state index contributed by atoms with van der Waals surface area (Å²) in [7, 11) is -3.90. The van der Waals surface area contributed by atoms with Crippen LogP contribution in [0, 0.1) is 0 Å². The Balaban J connectivity index is 3.51. The molecule has 0 heterocycles. The van der Waals surface area contributed by atoms with Crippen molar-refractivity contribution in [2.24, 2.45) is 0 Å². The van der Waals surface area contributed by atoms with E-state index in [1.807, 2.05) is 0 Å². The van der Waals surface area contributed by atoms with E-state index in [9.17, 15) is 14.2 Å². The summed E-state index contributed by atoms with van der Waals surface area (Å²) in [6, 6.07) is 8.79. The first-order valence-electron chi connectivity index (χ1n) is 8.58. The van der Waals surface area contributed by atoms with E-state index in [1.54, 1.807) is 58.0 Å². The average molecular weight is 370 g/mol. The van der Waals surface area contributed by atoms with Gasteiger partial charge in [0.1, 0.15) is 5.78 Å². The zero-order valence-electron chi connectivity index (χ0n) is 15.3. The molecule has 0 saturated heterocycles. The van der Waals surface area contributed by atoms with Crippen molar-refractivity contribution in [3.8, 4) is 0 Å². The minimum atomic E-state index is -3.90. The Morgan fingerprint density at radius 2 is 1.52 bits per heavy atom. The molecule has 140 valence electrons. The lowest BCUT2D eigenvalue weighted by Gasteiger charge is -2.30. The van der Waals surface area contributed by atoms with Gasteiger partial charge in [0, 0.05) is 6.42 Å². The van der Waals surface area contributed by atoms with Crippen LogP contribution in [0.5, 0.6) is 0 Å². The SMILES string of the molecule is CCOC(=O)C(C(C(=O)CC)c1ccccc1)P(=O)(OCC)OCC. The number of hydrogen-bond donors (Lipinski definition) is 0. The highest BCUT2D eigenvalue weighted by Gasteiger charge is 2.50. The minimum Gasteiger partial charge on any atom is -0.465 e. The quantitative estimate of drug-likeness (QED) is 0.433. The lowest BCUT2D eigenvalue weighted by atomic mass is 9.90. The number of carbonyl (C=O) groups is 2. The molecule has 0 amide bonds. The molecule has 0 aliphatic heterocycles. The molecule has 25 heavy (non-hydrogen) atoms. The molecule has 0 aliphatic carbocycles. The van der Waals surface area contributed by atoms with Gasteiger partial charge in [-0.1, -0.05) is 37.3 Å². The molecule has 0 aromatic heterocycles. The number of ketones is 1. The zero-order chi connectivity index (χ0) is 18.9. The van der Waals surface area contributed by atoms with Crippen molar-refractivity contribution in [1.29, 1.82) is 0 Å². The second-order valence-electron chi connectivity index (χ2n) is 5.28. The largest absolute Gasteiger partial charge is 0.465 e. The van der Waals surface area contributed by atoms with Gasteiger partial charge in [0.05, 0.1) is 25.7 Å². The molecule has 0 fully saturated rings. The normalized spacial score (nSPS) is 13.9. The monoisotopic (exact) mass is 370 g/mol. The molecule has 1 aromatic carbocycles. The van der Waals surface area contributed by atoms with Crippen LogP contribution in [-0.2, 0) is 27.9 Å². The number of esters is 1. The highest BCUT2D eigenvalue weighted by atomic mass is 31.2. The van der Waals surface area contributed by atoms with Crippen molar-refractivity contribution in [2.45, 2.75) is 45.7 Å². The maximum absolute atomic E-state index is 13.4. The first-order valence-corrected chi connectivity index (χ1v) is 10.2. The van der Waals surface area contributed by atoms with E-state index < -0.39 is 25.1 Å². The first-order chi connectivity index (χ1) is 11.9. The van der Waals surface area contributed by atoms with E-state index in [0.717, 1.165) is 0 Å². The highest BCUT2D eigenvalue weighted by Crippen LogP contribution is 2.58. The van der Waals surface area contributed by atoms with Gasteiger partial charge in [0.15, 0.2) is 5.66 Å². The number of benzene rings is 1. The van der Waals surface area contributed by atoms with Crippen molar-refractivity contribution in [2.75, 3.05) is 19.8 Å². The van der Waals surface area contributed by atoms with Crippen LogP contribution in [0.1, 0.15) is 45.6 Å². The van der Waals surface area contributed by atoms with E-state index in [4.69, 9.17) is 13.8 Å². The fourth-order valence-electron chi connectivity index (χ4n) is 2.66. The van der Waals surface area contributed by atoms with E-state index in [2.05, 4.69) is 0 Å². The molecule has 2 atom stereocenters. The average Bonchev–Trinajstić information content (AvgIpc) is 2.60. The maximum Gasteiger partial charge on any atom is 0.345 e. The second-order valence-corrected chi connectivity index (χ2v) is 7.43. The highest BCUT2D eigenvalue weighted by molar-refractivity contribution is 7.55. The maximum atomic E-state index is 13.4. The number of ether oxygens (including phenoxy) is 1. The third-order valence-corrected chi connectivity index (χ3v) is 6.08. The van der Waals surface area contributed by atoms with Crippen molar-refractivity contribution >= 4 is 19.3 Å². The van der Waals surface area contributed by atoms with Gasteiger partial charge in [-0.05, 0) is 26.3 Å². The van der Waals surface area contributed by atoms with Crippen LogP contribution in [0.3, 0.4) is 0 Å². The third-order valence-electron chi connectivity index (χ3n) is 3.66. The summed E-state index contributed by atoms with van der Waals surface area (Å²) >= 11 is 0. The Bertz CT molecular complexity index is 591. The zero-order valence-corrected chi connectivity index (χ0v) is 16.2. The van der Waals surface area contributed by atoms with Crippen LogP contribution in [0.4, 0.5) is 0 Å².